The van der Waals surface area contributed by atoms with Gasteiger partial charge in [-0.25, -0.2) is 0 Å². The second kappa shape index (κ2) is 8.43. The van der Waals surface area contributed by atoms with Gasteiger partial charge in [-0.3, -0.25) is 9.59 Å². The molecule has 0 unspecified atom stereocenters. The average Bonchev–Trinajstić information content (AvgIpc) is 3.14. The zero-order chi connectivity index (χ0) is 20.2. The molecule has 29 heavy (non-hydrogen) atoms. The van der Waals surface area contributed by atoms with E-state index >= 15 is 0 Å². The maximum Gasteiger partial charge on any atom is 0.227 e. The molecular weight excluding hydrogens is 372 g/mol. The lowest BCUT2D eigenvalue weighted by Gasteiger charge is -2.22. The van der Waals surface area contributed by atoms with E-state index in [4.69, 9.17) is 14.2 Å². The summed E-state index contributed by atoms with van der Waals surface area (Å²) in [6, 6.07) is 13.2. The highest BCUT2D eigenvalue weighted by molar-refractivity contribution is 6.00. The van der Waals surface area contributed by atoms with Gasteiger partial charge in [0.25, 0.3) is 0 Å². The number of aryl methyl sites for hydroxylation is 1. The molecule has 2 amide bonds. The van der Waals surface area contributed by atoms with Gasteiger partial charge in [0, 0.05) is 24.7 Å². The summed E-state index contributed by atoms with van der Waals surface area (Å²) in [6.45, 7) is 4.14. The van der Waals surface area contributed by atoms with Crippen molar-refractivity contribution in [3.05, 3.63) is 48.0 Å². The fourth-order valence-electron chi connectivity index (χ4n) is 3.45. The number of hydrogen-bond donors (Lipinski definition) is 1. The SMILES string of the molecule is Cc1ccc(OCCNC(=O)[C@H]2CC(=O)N(c3ccc4c(c3)OCCO4)C2)cc1. The molecule has 1 atom stereocenters. The van der Waals surface area contributed by atoms with E-state index in [1.54, 1.807) is 17.0 Å². The molecule has 1 fully saturated rings. The van der Waals surface area contributed by atoms with Gasteiger partial charge in [0.1, 0.15) is 25.6 Å². The molecule has 0 aromatic heterocycles. The Morgan fingerprint density at radius 1 is 1.14 bits per heavy atom. The lowest BCUT2D eigenvalue weighted by atomic mass is 10.1. The topological polar surface area (TPSA) is 77.1 Å². The minimum absolute atomic E-state index is 0.0715. The van der Waals surface area contributed by atoms with Crippen LogP contribution in [0.1, 0.15) is 12.0 Å². The maximum atomic E-state index is 12.5. The first-order valence-corrected chi connectivity index (χ1v) is 9.77. The molecular formula is C22H24N2O5. The van der Waals surface area contributed by atoms with Crippen LogP contribution < -0.4 is 24.4 Å². The van der Waals surface area contributed by atoms with E-state index < -0.39 is 0 Å². The fourth-order valence-corrected chi connectivity index (χ4v) is 3.45. The summed E-state index contributed by atoms with van der Waals surface area (Å²) < 4.78 is 16.7. The number of anilines is 1. The number of nitrogens with one attached hydrogen (secondary N) is 1. The van der Waals surface area contributed by atoms with Crippen LogP contribution in [-0.2, 0) is 9.59 Å². The molecule has 4 rings (SSSR count). The Kier molecular flexibility index (Phi) is 5.55. The van der Waals surface area contributed by atoms with Crippen LogP contribution in [0.2, 0.25) is 0 Å². The Hall–Kier alpha value is -3.22. The molecule has 2 aromatic rings. The number of hydrogen-bond acceptors (Lipinski definition) is 5. The summed E-state index contributed by atoms with van der Waals surface area (Å²) in [6.07, 6.45) is 0.194. The van der Waals surface area contributed by atoms with E-state index in [0.29, 0.717) is 44.4 Å². The first-order valence-electron chi connectivity index (χ1n) is 9.77. The van der Waals surface area contributed by atoms with Gasteiger partial charge < -0.3 is 24.4 Å². The normalized spacial score (nSPS) is 17.9. The third-order valence-electron chi connectivity index (χ3n) is 5.02. The minimum atomic E-state index is -0.380. The Labute approximate surface area is 169 Å². The van der Waals surface area contributed by atoms with E-state index in [0.717, 1.165) is 11.4 Å². The molecule has 7 nitrogen and oxygen atoms in total. The zero-order valence-corrected chi connectivity index (χ0v) is 16.3. The van der Waals surface area contributed by atoms with Crippen LogP contribution >= 0.6 is 0 Å². The highest BCUT2D eigenvalue weighted by atomic mass is 16.6. The Morgan fingerprint density at radius 2 is 1.90 bits per heavy atom. The highest BCUT2D eigenvalue weighted by Gasteiger charge is 2.35. The van der Waals surface area contributed by atoms with Gasteiger partial charge in [-0.1, -0.05) is 17.7 Å². The molecule has 152 valence electrons. The van der Waals surface area contributed by atoms with E-state index in [-0.39, 0.29) is 24.2 Å². The van der Waals surface area contributed by atoms with Crippen molar-refractivity contribution in [2.24, 2.45) is 5.92 Å². The zero-order valence-electron chi connectivity index (χ0n) is 16.3. The Bertz CT molecular complexity index is 897. The number of amides is 2. The fraction of sp³-hybridized carbons (Fsp3) is 0.364. The number of carbonyl (C=O) groups excluding carboxylic acids is 2. The van der Waals surface area contributed by atoms with Crippen molar-refractivity contribution < 1.29 is 23.8 Å². The Balaban J connectivity index is 1.28. The number of carbonyl (C=O) groups is 2. The number of ether oxygens (including phenoxy) is 3. The first-order chi connectivity index (χ1) is 14.1. The van der Waals surface area contributed by atoms with Gasteiger partial charge in [-0.15, -0.1) is 0 Å². The van der Waals surface area contributed by atoms with Gasteiger partial charge >= 0.3 is 0 Å². The molecule has 2 aliphatic heterocycles. The molecule has 0 saturated carbocycles. The van der Waals surface area contributed by atoms with Crippen molar-refractivity contribution in [1.29, 1.82) is 0 Å². The number of fused-ring (bicyclic) bond motifs is 1. The van der Waals surface area contributed by atoms with Crippen LogP contribution in [0.4, 0.5) is 5.69 Å². The monoisotopic (exact) mass is 396 g/mol. The summed E-state index contributed by atoms with van der Waals surface area (Å²) in [5.41, 5.74) is 1.89. The molecule has 7 heteroatoms. The lowest BCUT2D eigenvalue weighted by Crippen LogP contribution is -2.35. The van der Waals surface area contributed by atoms with E-state index in [1.165, 1.54) is 5.56 Å². The van der Waals surface area contributed by atoms with Crippen molar-refractivity contribution in [3.8, 4) is 17.2 Å². The van der Waals surface area contributed by atoms with Gasteiger partial charge in [-0.05, 0) is 31.2 Å². The van der Waals surface area contributed by atoms with Crippen LogP contribution in [0.15, 0.2) is 42.5 Å². The number of benzene rings is 2. The standard InChI is InChI=1S/C22H24N2O5/c1-15-2-5-18(6-3-15)27-9-8-23-22(26)16-12-21(25)24(14-16)17-4-7-19-20(13-17)29-11-10-28-19/h2-7,13,16H,8-12,14H2,1H3,(H,23,26)/t16-/m0/s1. The molecule has 2 heterocycles. The number of nitrogens with zero attached hydrogens (tertiary/aromatic N) is 1. The van der Waals surface area contributed by atoms with Crippen LogP contribution in [0.3, 0.4) is 0 Å². The molecule has 0 radical (unpaired) electrons. The first kappa shape index (κ1) is 19.1. The summed E-state index contributed by atoms with van der Waals surface area (Å²) in [4.78, 5) is 26.5. The van der Waals surface area contributed by atoms with Gasteiger partial charge in [0.2, 0.25) is 11.8 Å². The summed E-state index contributed by atoms with van der Waals surface area (Å²) in [5.74, 6) is 1.49. The highest BCUT2D eigenvalue weighted by Crippen LogP contribution is 2.35. The predicted octanol–water partition coefficient (Wildman–Crippen LogP) is 2.31. The second-order valence-corrected chi connectivity index (χ2v) is 7.19. The molecule has 2 aliphatic rings. The third kappa shape index (κ3) is 4.45. The minimum Gasteiger partial charge on any atom is -0.492 e. The largest absolute Gasteiger partial charge is 0.492 e. The van der Waals surface area contributed by atoms with Crippen LogP contribution in [0.5, 0.6) is 17.2 Å². The predicted molar refractivity (Wildman–Crippen MR) is 108 cm³/mol. The van der Waals surface area contributed by atoms with Gasteiger partial charge in [0.15, 0.2) is 11.5 Å². The van der Waals surface area contributed by atoms with Crippen molar-refractivity contribution in [2.75, 3.05) is 37.8 Å². The Morgan fingerprint density at radius 3 is 2.69 bits per heavy atom. The maximum absolute atomic E-state index is 12.5. The average molecular weight is 396 g/mol. The van der Waals surface area contributed by atoms with Crippen molar-refractivity contribution >= 4 is 17.5 Å². The second-order valence-electron chi connectivity index (χ2n) is 7.19. The van der Waals surface area contributed by atoms with E-state index in [9.17, 15) is 9.59 Å². The van der Waals surface area contributed by atoms with Crippen LogP contribution in [-0.4, -0.2) is 44.7 Å². The molecule has 1 N–H and O–H groups in total. The van der Waals surface area contributed by atoms with Crippen molar-refractivity contribution in [2.45, 2.75) is 13.3 Å². The van der Waals surface area contributed by atoms with Crippen molar-refractivity contribution in [3.63, 3.8) is 0 Å². The third-order valence-corrected chi connectivity index (χ3v) is 5.02. The van der Waals surface area contributed by atoms with E-state index in [2.05, 4.69) is 5.32 Å². The molecule has 1 saturated heterocycles. The molecule has 2 aromatic carbocycles. The summed E-state index contributed by atoms with van der Waals surface area (Å²) in [5, 5.41) is 2.86. The van der Waals surface area contributed by atoms with Gasteiger partial charge in [0.05, 0.1) is 12.5 Å². The molecule has 0 aliphatic carbocycles. The van der Waals surface area contributed by atoms with Crippen molar-refractivity contribution in [1.82, 2.24) is 5.32 Å². The molecule has 0 spiro atoms. The molecule has 0 bridgehead atoms. The lowest BCUT2D eigenvalue weighted by molar-refractivity contribution is -0.126. The summed E-state index contributed by atoms with van der Waals surface area (Å²) >= 11 is 0. The smallest absolute Gasteiger partial charge is 0.227 e. The van der Waals surface area contributed by atoms with Crippen LogP contribution in [0.25, 0.3) is 0 Å². The van der Waals surface area contributed by atoms with E-state index in [1.807, 2.05) is 37.3 Å². The number of rotatable bonds is 6. The van der Waals surface area contributed by atoms with Gasteiger partial charge in [-0.2, -0.15) is 0 Å². The van der Waals surface area contributed by atoms with Crippen LogP contribution in [0, 0.1) is 12.8 Å². The summed E-state index contributed by atoms with van der Waals surface area (Å²) in [7, 11) is 0. The quantitative estimate of drug-likeness (QED) is 0.759.